The zero-order valence-corrected chi connectivity index (χ0v) is 16.9. The van der Waals surface area contributed by atoms with Crippen molar-refractivity contribution in [1.29, 1.82) is 0 Å². The van der Waals surface area contributed by atoms with Gasteiger partial charge in [0.2, 0.25) is 0 Å². The van der Waals surface area contributed by atoms with Crippen LogP contribution in [0.2, 0.25) is 0 Å². The molecule has 0 bridgehead atoms. The summed E-state index contributed by atoms with van der Waals surface area (Å²) in [6, 6.07) is 19.6. The fourth-order valence-electron chi connectivity index (χ4n) is 4.41. The number of rotatable bonds is 5. The van der Waals surface area contributed by atoms with E-state index in [1.807, 2.05) is 6.07 Å². The lowest BCUT2D eigenvalue weighted by molar-refractivity contribution is 0.0290. The third-order valence-electron chi connectivity index (χ3n) is 5.82. The van der Waals surface area contributed by atoms with E-state index in [9.17, 15) is 4.79 Å². The highest BCUT2D eigenvalue weighted by atomic mass is 16.5. The molecule has 29 heavy (non-hydrogen) atoms. The Bertz CT molecular complexity index is 973. The Labute approximate surface area is 171 Å². The lowest BCUT2D eigenvalue weighted by atomic mass is 10.0. The molecule has 1 aromatic heterocycles. The number of hydroxylamine groups is 1. The van der Waals surface area contributed by atoms with Crippen molar-refractivity contribution >= 4 is 16.8 Å². The first-order valence-electron chi connectivity index (χ1n) is 10.1. The highest BCUT2D eigenvalue weighted by Crippen LogP contribution is 2.22. The molecule has 1 aliphatic heterocycles. The summed E-state index contributed by atoms with van der Waals surface area (Å²) < 4.78 is 0. The van der Waals surface area contributed by atoms with Crippen LogP contribution in [0.4, 0.5) is 0 Å². The molecule has 3 aromatic rings. The number of piperazine rings is 1. The van der Waals surface area contributed by atoms with Crippen molar-refractivity contribution in [3.63, 3.8) is 0 Å². The van der Waals surface area contributed by atoms with Crippen molar-refractivity contribution < 1.29 is 10.0 Å². The molecule has 0 aliphatic carbocycles. The molecule has 6 heteroatoms. The smallest absolute Gasteiger partial charge is 0.291 e. The lowest BCUT2D eigenvalue weighted by Crippen LogP contribution is -2.55. The van der Waals surface area contributed by atoms with Gasteiger partial charge in [-0.05, 0) is 37.1 Å². The maximum Gasteiger partial charge on any atom is 0.291 e. The van der Waals surface area contributed by atoms with Crippen molar-refractivity contribution in [3.8, 4) is 0 Å². The Morgan fingerprint density at radius 2 is 1.76 bits per heavy atom. The summed E-state index contributed by atoms with van der Waals surface area (Å²) in [5, 5.41) is 9.78. The van der Waals surface area contributed by atoms with E-state index in [1.165, 1.54) is 11.1 Å². The summed E-state index contributed by atoms with van der Waals surface area (Å²) in [6.45, 7) is 8.53. The minimum absolute atomic E-state index is 0.358. The Kier molecular flexibility index (Phi) is 5.67. The van der Waals surface area contributed by atoms with E-state index < -0.39 is 5.91 Å². The van der Waals surface area contributed by atoms with Gasteiger partial charge in [0, 0.05) is 49.2 Å². The van der Waals surface area contributed by atoms with Gasteiger partial charge in [0.25, 0.3) is 5.91 Å². The van der Waals surface area contributed by atoms with Gasteiger partial charge in [-0.2, -0.15) is 0 Å². The highest BCUT2D eigenvalue weighted by molar-refractivity contribution is 5.97. The first-order valence-corrected chi connectivity index (χ1v) is 10.1. The molecule has 1 saturated heterocycles. The number of amides is 1. The van der Waals surface area contributed by atoms with Crippen LogP contribution in [0.5, 0.6) is 0 Å². The minimum Gasteiger partial charge on any atom is -0.350 e. The predicted octanol–water partition coefficient (Wildman–Crippen LogP) is 3.38. The van der Waals surface area contributed by atoms with Gasteiger partial charge in [0.05, 0.1) is 0 Å². The quantitative estimate of drug-likeness (QED) is 0.460. The summed E-state index contributed by atoms with van der Waals surface area (Å²) in [7, 11) is 0. The van der Waals surface area contributed by atoms with Crippen LogP contribution in [0.15, 0.2) is 54.6 Å². The average molecular weight is 393 g/mol. The SMILES string of the molecule is C[C@@H]1CN(Cc2ccc3cc(C(=O)NO)[nH]c3c2)C[C@H](C)N1Cc1ccccc1. The second-order valence-electron chi connectivity index (χ2n) is 8.10. The van der Waals surface area contributed by atoms with Crippen molar-refractivity contribution in [2.75, 3.05) is 13.1 Å². The van der Waals surface area contributed by atoms with Crippen molar-refractivity contribution in [2.45, 2.75) is 39.0 Å². The van der Waals surface area contributed by atoms with E-state index in [0.29, 0.717) is 17.8 Å². The van der Waals surface area contributed by atoms with E-state index in [4.69, 9.17) is 5.21 Å². The van der Waals surface area contributed by atoms with Gasteiger partial charge in [-0.15, -0.1) is 0 Å². The summed E-state index contributed by atoms with van der Waals surface area (Å²) in [5.74, 6) is -0.528. The third-order valence-corrected chi connectivity index (χ3v) is 5.82. The zero-order chi connectivity index (χ0) is 20.4. The largest absolute Gasteiger partial charge is 0.350 e. The van der Waals surface area contributed by atoms with E-state index in [2.05, 4.69) is 71.1 Å². The molecule has 1 amide bonds. The number of nitrogens with one attached hydrogen (secondary N) is 2. The second-order valence-corrected chi connectivity index (χ2v) is 8.10. The first-order chi connectivity index (χ1) is 14.0. The molecule has 0 unspecified atom stereocenters. The number of aromatic nitrogens is 1. The Hall–Kier alpha value is -2.67. The fraction of sp³-hybridized carbons (Fsp3) is 0.348. The second kappa shape index (κ2) is 8.37. The molecule has 1 aliphatic rings. The van der Waals surface area contributed by atoms with Crippen LogP contribution in [-0.2, 0) is 13.1 Å². The maximum absolute atomic E-state index is 11.6. The third kappa shape index (κ3) is 4.34. The standard InChI is InChI=1S/C23H28N4O2/c1-16-12-26(13-17(2)27(16)15-18-6-4-3-5-7-18)14-19-8-9-20-11-22(23(28)25-29)24-21(20)10-19/h3-11,16-17,24,29H,12-15H2,1-2H3,(H,25,28)/t16-,17+. The summed E-state index contributed by atoms with van der Waals surface area (Å²) >= 11 is 0. The van der Waals surface area contributed by atoms with E-state index >= 15 is 0 Å². The first kappa shape index (κ1) is 19.6. The number of carbonyl (C=O) groups excluding carboxylic acids is 1. The molecule has 2 atom stereocenters. The average Bonchev–Trinajstić information content (AvgIpc) is 3.14. The number of benzene rings is 2. The number of nitrogens with zero attached hydrogens (tertiary/aromatic N) is 2. The number of aromatic amines is 1. The van der Waals surface area contributed by atoms with Crippen LogP contribution in [-0.4, -0.2) is 51.1 Å². The number of hydrogen-bond acceptors (Lipinski definition) is 4. The molecule has 4 rings (SSSR count). The minimum atomic E-state index is -0.528. The van der Waals surface area contributed by atoms with Gasteiger partial charge in [-0.25, -0.2) is 5.48 Å². The number of hydrogen-bond donors (Lipinski definition) is 3. The predicted molar refractivity (Wildman–Crippen MR) is 114 cm³/mol. The Balaban J connectivity index is 1.43. The maximum atomic E-state index is 11.6. The number of fused-ring (bicyclic) bond motifs is 1. The van der Waals surface area contributed by atoms with E-state index in [1.54, 1.807) is 11.5 Å². The van der Waals surface area contributed by atoms with Gasteiger partial charge in [-0.1, -0.05) is 42.5 Å². The molecule has 0 spiro atoms. The van der Waals surface area contributed by atoms with Gasteiger partial charge in [0.15, 0.2) is 0 Å². The molecule has 152 valence electrons. The van der Waals surface area contributed by atoms with Crippen LogP contribution < -0.4 is 5.48 Å². The molecule has 2 aromatic carbocycles. The molecule has 1 fully saturated rings. The van der Waals surface area contributed by atoms with Gasteiger partial charge < -0.3 is 4.98 Å². The van der Waals surface area contributed by atoms with Crippen molar-refractivity contribution in [2.24, 2.45) is 0 Å². The van der Waals surface area contributed by atoms with Crippen LogP contribution in [0.1, 0.15) is 35.5 Å². The fourth-order valence-corrected chi connectivity index (χ4v) is 4.41. The monoisotopic (exact) mass is 392 g/mol. The molecule has 2 heterocycles. The van der Waals surface area contributed by atoms with Crippen LogP contribution in [0.25, 0.3) is 10.9 Å². The van der Waals surface area contributed by atoms with Crippen molar-refractivity contribution in [1.82, 2.24) is 20.3 Å². The van der Waals surface area contributed by atoms with Gasteiger partial charge in [0.1, 0.15) is 5.69 Å². The topological polar surface area (TPSA) is 71.6 Å². The molecular formula is C23H28N4O2. The zero-order valence-electron chi connectivity index (χ0n) is 16.9. The molecule has 6 nitrogen and oxygen atoms in total. The number of H-pyrrole nitrogens is 1. The molecular weight excluding hydrogens is 364 g/mol. The van der Waals surface area contributed by atoms with Crippen molar-refractivity contribution in [3.05, 3.63) is 71.4 Å². The Morgan fingerprint density at radius 3 is 2.45 bits per heavy atom. The van der Waals surface area contributed by atoms with E-state index in [0.717, 1.165) is 37.1 Å². The number of carbonyl (C=O) groups is 1. The van der Waals surface area contributed by atoms with Crippen LogP contribution in [0.3, 0.4) is 0 Å². The molecule has 0 radical (unpaired) electrons. The summed E-state index contributed by atoms with van der Waals surface area (Å²) in [5.41, 5.74) is 5.51. The summed E-state index contributed by atoms with van der Waals surface area (Å²) in [4.78, 5) is 19.8. The highest BCUT2D eigenvalue weighted by Gasteiger charge is 2.29. The van der Waals surface area contributed by atoms with Crippen LogP contribution >= 0.6 is 0 Å². The lowest BCUT2D eigenvalue weighted by Gasteiger charge is -2.44. The molecule has 0 saturated carbocycles. The van der Waals surface area contributed by atoms with Crippen LogP contribution in [0, 0.1) is 0 Å². The Morgan fingerprint density at radius 1 is 1.03 bits per heavy atom. The van der Waals surface area contributed by atoms with E-state index in [-0.39, 0.29) is 0 Å². The normalized spacial score (nSPS) is 20.8. The van der Waals surface area contributed by atoms with Gasteiger partial charge in [-0.3, -0.25) is 19.8 Å². The van der Waals surface area contributed by atoms with Gasteiger partial charge >= 0.3 is 0 Å². The summed E-state index contributed by atoms with van der Waals surface area (Å²) in [6.07, 6.45) is 0. The molecule has 3 N–H and O–H groups in total.